The van der Waals surface area contributed by atoms with Crippen molar-refractivity contribution in [1.29, 1.82) is 0 Å². The number of aliphatic hydroxyl groups is 2. The van der Waals surface area contributed by atoms with Crippen molar-refractivity contribution < 1.29 is 19.7 Å². The first-order valence-electron chi connectivity index (χ1n) is 15.5. The molecule has 0 spiro atoms. The van der Waals surface area contributed by atoms with Gasteiger partial charge in [0, 0.05) is 17.9 Å². The molecule has 0 heterocycles. The third-order valence-corrected chi connectivity index (χ3v) is 11.9. The molecule has 10 unspecified atom stereocenters. The summed E-state index contributed by atoms with van der Waals surface area (Å²) in [5, 5.41) is 18.5. The molecule has 4 rings (SSSR count). The molecule has 3 fully saturated rings. The van der Waals surface area contributed by atoms with Gasteiger partial charge in [0.15, 0.2) is 0 Å². The molecule has 4 aliphatic carbocycles. The Balaban J connectivity index is 1.27. The number of thioether (sulfide) groups is 1. The van der Waals surface area contributed by atoms with E-state index in [2.05, 4.69) is 26.8 Å². The number of hydrogen-bond donors (Lipinski definition) is 2. The first-order chi connectivity index (χ1) is 17.8. The molecule has 37 heavy (non-hydrogen) atoms. The Kier molecular flexibility index (Phi) is 10.9. The maximum absolute atomic E-state index is 12.7. The van der Waals surface area contributed by atoms with E-state index in [1.54, 1.807) is 5.57 Å². The molecule has 0 aromatic rings. The van der Waals surface area contributed by atoms with Crippen molar-refractivity contribution in [2.24, 2.45) is 53.3 Å². The molecule has 0 bridgehead atoms. The van der Waals surface area contributed by atoms with Gasteiger partial charge in [0.25, 0.3) is 0 Å². The normalized spacial score (nSPS) is 35.6. The number of rotatable bonds is 12. The minimum Gasteiger partial charge on any atom is -0.462 e. The average Bonchev–Trinajstić information content (AvgIpc) is 3.32. The summed E-state index contributed by atoms with van der Waals surface area (Å²) in [7, 11) is 0. The first kappa shape index (κ1) is 29.5. The Morgan fingerprint density at radius 3 is 2.49 bits per heavy atom. The molecule has 5 heteroatoms. The zero-order chi connectivity index (χ0) is 26.5. The summed E-state index contributed by atoms with van der Waals surface area (Å²) in [5.74, 6) is 7.88. The van der Waals surface area contributed by atoms with Gasteiger partial charge in [-0.3, -0.25) is 4.79 Å². The number of esters is 1. The molecule has 4 nitrogen and oxygen atoms in total. The summed E-state index contributed by atoms with van der Waals surface area (Å²) in [4.78, 5) is 12.7. The molecule has 0 aliphatic heterocycles. The molecule has 0 saturated heterocycles. The van der Waals surface area contributed by atoms with Crippen LogP contribution < -0.4 is 0 Å². The molecule has 0 radical (unpaired) electrons. The van der Waals surface area contributed by atoms with Crippen molar-refractivity contribution >= 4 is 17.7 Å². The fourth-order valence-corrected chi connectivity index (χ4v) is 9.59. The van der Waals surface area contributed by atoms with Crippen molar-refractivity contribution in [3.63, 3.8) is 0 Å². The standard InChI is InChI=1S/C32H54O4S/c1-20(2)6-5-7-21(3)26-12-13-31-28(26)14-15-29-27-11-9-25(16-23(27)8-10-30(29)31)36-32(35)22(4)18-37-19-24(34)17-33/h8,20-22,24-31,33-34H,5-7,9-19H2,1-4H3. The topological polar surface area (TPSA) is 66.8 Å². The molecular formula is C32H54O4S. The third-order valence-electron chi connectivity index (χ3n) is 10.5. The number of allylic oxidation sites excluding steroid dienone is 1. The van der Waals surface area contributed by atoms with Gasteiger partial charge in [-0.2, -0.15) is 11.8 Å². The van der Waals surface area contributed by atoms with Crippen LogP contribution in [0, 0.1) is 53.3 Å². The SMILES string of the molecule is CC(C)CCCC(C)C1CCC2C1CCC1C3CCC(OC(=O)C(C)CSCC(O)CO)CC3=CCC12. The summed E-state index contributed by atoms with van der Waals surface area (Å²) in [6.45, 7) is 8.95. The number of carbonyl (C=O) groups is 1. The van der Waals surface area contributed by atoms with Crippen LogP contribution in [0.3, 0.4) is 0 Å². The van der Waals surface area contributed by atoms with E-state index in [1.807, 2.05) is 6.92 Å². The van der Waals surface area contributed by atoms with Crippen LogP contribution in [0.15, 0.2) is 11.6 Å². The predicted molar refractivity (Wildman–Crippen MR) is 153 cm³/mol. The second-order valence-electron chi connectivity index (χ2n) is 13.5. The molecule has 2 N–H and O–H groups in total. The molecular weight excluding hydrogens is 480 g/mol. The molecule has 0 amide bonds. The summed E-state index contributed by atoms with van der Waals surface area (Å²) in [6, 6.07) is 0. The lowest BCUT2D eigenvalue weighted by atomic mass is 9.56. The molecule has 4 aliphatic rings. The highest BCUT2D eigenvalue weighted by molar-refractivity contribution is 7.99. The Bertz CT molecular complexity index is 766. The van der Waals surface area contributed by atoms with E-state index in [0.717, 1.165) is 60.2 Å². The van der Waals surface area contributed by atoms with Crippen molar-refractivity contribution in [3.05, 3.63) is 11.6 Å². The van der Waals surface area contributed by atoms with E-state index in [1.165, 1.54) is 69.5 Å². The lowest BCUT2D eigenvalue weighted by molar-refractivity contribution is -0.154. The predicted octanol–water partition coefficient (Wildman–Crippen LogP) is 6.88. The van der Waals surface area contributed by atoms with Gasteiger partial charge in [-0.15, -0.1) is 0 Å². The summed E-state index contributed by atoms with van der Waals surface area (Å²) < 4.78 is 5.97. The fourth-order valence-electron chi connectivity index (χ4n) is 8.59. The van der Waals surface area contributed by atoms with Gasteiger partial charge in [-0.25, -0.2) is 0 Å². The Morgan fingerprint density at radius 2 is 1.73 bits per heavy atom. The van der Waals surface area contributed by atoms with E-state index in [4.69, 9.17) is 9.84 Å². The van der Waals surface area contributed by atoms with Crippen LogP contribution in [0.25, 0.3) is 0 Å². The van der Waals surface area contributed by atoms with Gasteiger partial charge in [0.05, 0.1) is 18.6 Å². The van der Waals surface area contributed by atoms with Crippen molar-refractivity contribution in [2.75, 3.05) is 18.1 Å². The number of aliphatic hydroxyl groups excluding tert-OH is 2. The average molecular weight is 535 g/mol. The first-order valence-corrected chi connectivity index (χ1v) is 16.7. The van der Waals surface area contributed by atoms with Crippen LogP contribution in [0.5, 0.6) is 0 Å². The minimum atomic E-state index is -0.714. The highest BCUT2D eigenvalue weighted by atomic mass is 32.2. The van der Waals surface area contributed by atoms with E-state index in [0.29, 0.717) is 11.5 Å². The Hall–Kier alpha value is -0.520. The van der Waals surface area contributed by atoms with Gasteiger partial charge in [0.2, 0.25) is 0 Å². The number of ether oxygens (including phenoxy) is 1. The van der Waals surface area contributed by atoms with Crippen LogP contribution in [0.2, 0.25) is 0 Å². The van der Waals surface area contributed by atoms with Crippen molar-refractivity contribution in [1.82, 2.24) is 0 Å². The Labute approximate surface area is 230 Å². The molecule has 0 aromatic carbocycles. The van der Waals surface area contributed by atoms with Gasteiger partial charge in [0.1, 0.15) is 6.10 Å². The number of carbonyl (C=O) groups excluding carboxylic acids is 1. The monoisotopic (exact) mass is 534 g/mol. The maximum atomic E-state index is 12.7. The zero-order valence-electron chi connectivity index (χ0n) is 23.9. The van der Waals surface area contributed by atoms with Gasteiger partial charge < -0.3 is 14.9 Å². The van der Waals surface area contributed by atoms with E-state index in [-0.39, 0.29) is 24.6 Å². The lowest BCUT2D eigenvalue weighted by Gasteiger charge is -2.50. The van der Waals surface area contributed by atoms with Crippen LogP contribution in [-0.2, 0) is 9.53 Å². The molecule has 0 aromatic heterocycles. The second-order valence-corrected chi connectivity index (χ2v) is 14.6. The quantitative estimate of drug-likeness (QED) is 0.211. The zero-order valence-corrected chi connectivity index (χ0v) is 24.8. The molecule has 10 atom stereocenters. The van der Waals surface area contributed by atoms with Crippen molar-refractivity contribution in [2.45, 2.75) is 111 Å². The summed E-state index contributed by atoms with van der Waals surface area (Å²) >= 11 is 1.51. The van der Waals surface area contributed by atoms with Crippen molar-refractivity contribution in [3.8, 4) is 0 Å². The fraction of sp³-hybridized carbons (Fsp3) is 0.906. The largest absolute Gasteiger partial charge is 0.462 e. The highest BCUT2D eigenvalue weighted by Crippen LogP contribution is 2.59. The van der Waals surface area contributed by atoms with E-state index >= 15 is 0 Å². The van der Waals surface area contributed by atoms with E-state index in [9.17, 15) is 9.90 Å². The second kappa shape index (κ2) is 13.7. The maximum Gasteiger partial charge on any atom is 0.309 e. The van der Waals surface area contributed by atoms with Crippen LogP contribution >= 0.6 is 11.8 Å². The van der Waals surface area contributed by atoms with Crippen LogP contribution in [-0.4, -0.2) is 46.5 Å². The summed E-state index contributed by atoms with van der Waals surface area (Å²) in [5.41, 5.74) is 1.59. The van der Waals surface area contributed by atoms with E-state index < -0.39 is 6.10 Å². The lowest BCUT2D eigenvalue weighted by Crippen LogP contribution is -2.42. The molecule has 212 valence electrons. The number of hydrogen-bond acceptors (Lipinski definition) is 5. The Morgan fingerprint density at radius 1 is 0.973 bits per heavy atom. The highest BCUT2D eigenvalue weighted by Gasteiger charge is 2.50. The third kappa shape index (κ3) is 7.37. The van der Waals surface area contributed by atoms with Crippen LogP contribution in [0.1, 0.15) is 98.3 Å². The summed E-state index contributed by atoms with van der Waals surface area (Å²) in [6.07, 6.45) is 16.3. The van der Waals surface area contributed by atoms with Gasteiger partial charge in [-0.1, -0.05) is 58.6 Å². The molecule has 3 saturated carbocycles. The van der Waals surface area contributed by atoms with Gasteiger partial charge >= 0.3 is 5.97 Å². The number of fused-ring (bicyclic) bond motifs is 5. The van der Waals surface area contributed by atoms with Crippen LogP contribution in [0.4, 0.5) is 0 Å². The van der Waals surface area contributed by atoms with Gasteiger partial charge in [-0.05, 0) is 92.3 Å². The minimum absolute atomic E-state index is 0.0286. The smallest absolute Gasteiger partial charge is 0.309 e.